The van der Waals surface area contributed by atoms with E-state index in [1.165, 1.54) is 30.3 Å². The predicted molar refractivity (Wildman–Crippen MR) is 158 cm³/mol. The van der Waals surface area contributed by atoms with Crippen LogP contribution in [-0.2, 0) is 0 Å². The molecule has 4 atom stereocenters. The molecule has 8 heteroatoms. The second-order valence-electron chi connectivity index (χ2n) is 11.7. The van der Waals surface area contributed by atoms with E-state index >= 15 is 0 Å². The van der Waals surface area contributed by atoms with Gasteiger partial charge in [-0.3, -0.25) is 9.59 Å². The van der Waals surface area contributed by atoms with E-state index in [-0.39, 0.29) is 41.6 Å². The summed E-state index contributed by atoms with van der Waals surface area (Å²) in [6.07, 6.45) is 3.11. The van der Waals surface area contributed by atoms with Crippen LogP contribution in [0.1, 0.15) is 57.0 Å². The Morgan fingerprint density at radius 3 is 2.05 bits per heavy atom. The number of halogens is 1. The summed E-state index contributed by atoms with van der Waals surface area (Å²) < 4.78 is 15.0. The Morgan fingerprint density at radius 1 is 0.929 bits per heavy atom. The number of carbonyl (C=O) groups is 2. The van der Waals surface area contributed by atoms with E-state index in [4.69, 9.17) is 0 Å². The summed E-state index contributed by atoms with van der Waals surface area (Å²) in [5.74, 6) is -3.18. The molecule has 1 unspecified atom stereocenters. The molecule has 0 spiro atoms. The third-order valence-corrected chi connectivity index (χ3v) is 9.03. The van der Waals surface area contributed by atoms with Crippen LogP contribution in [0.5, 0.6) is 11.5 Å². The van der Waals surface area contributed by atoms with E-state index < -0.39 is 23.6 Å². The fourth-order valence-corrected chi connectivity index (χ4v) is 6.87. The number of hydrogen-bond donors (Lipinski definition) is 4. The Morgan fingerprint density at radius 2 is 1.52 bits per heavy atom. The number of hydrogen-bond acceptors (Lipinski definition) is 7. The van der Waals surface area contributed by atoms with Gasteiger partial charge in [0.1, 0.15) is 17.3 Å². The van der Waals surface area contributed by atoms with Crippen molar-refractivity contribution in [2.24, 2.45) is 17.8 Å². The second-order valence-corrected chi connectivity index (χ2v) is 11.7. The number of likely N-dealkylation sites (tertiary alicyclic amines) is 1. The van der Waals surface area contributed by atoms with Crippen molar-refractivity contribution in [1.82, 2.24) is 10.2 Å². The number of phenolic OH excluding ortho intramolecular Hbond substituents is 2. The number of aromatic hydroxyl groups is 2. The van der Waals surface area contributed by atoms with Gasteiger partial charge in [0.15, 0.2) is 11.6 Å². The normalized spacial score (nSPS) is 22.5. The predicted octanol–water partition coefficient (Wildman–Crippen LogP) is 4.69. The molecular formula is C34H39FN2O5. The van der Waals surface area contributed by atoms with E-state index in [0.717, 1.165) is 25.8 Å². The smallest absolute Gasteiger partial charge is 0.167 e. The van der Waals surface area contributed by atoms with Gasteiger partial charge in [-0.05, 0) is 67.8 Å². The van der Waals surface area contributed by atoms with Crippen molar-refractivity contribution < 1.29 is 29.3 Å². The topological polar surface area (TPSA) is 110 Å². The van der Waals surface area contributed by atoms with Crippen LogP contribution in [0.25, 0.3) is 0 Å². The number of nitrogens with one attached hydrogen (secondary N) is 1. The number of Topliss-reactive ketones (excluding diaryl/α,β-unsaturated/α-hetero) is 2. The van der Waals surface area contributed by atoms with Crippen molar-refractivity contribution in [3.8, 4) is 11.5 Å². The number of piperidine rings is 2. The van der Waals surface area contributed by atoms with Gasteiger partial charge in [-0.2, -0.15) is 0 Å². The quantitative estimate of drug-likeness (QED) is 0.275. The molecule has 2 fully saturated rings. The van der Waals surface area contributed by atoms with Crippen LogP contribution in [-0.4, -0.2) is 70.6 Å². The Kier molecular flexibility index (Phi) is 9.36. The van der Waals surface area contributed by atoms with Crippen molar-refractivity contribution in [1.29, 1.82) is 0 Å². The Bertz CT molecular complexity index is 1360. The molecule has 222 valence electrons. The molecule has 2 heterocycles. The lowest BCUT2D eigenvalue weighted by atomic mass is 9.67. The molecule has 42 heavy (non-hydrogen) atoms. The van der Waals surface area contributed by atoms with Crippen molar-refractivity contribution in [2.75, 3.05) is 32.8 Å². The first-order valence-electron chi connectivity index (χ1n) is 14.7. The van der Waals surface area contributed by atoms with E-state index in [2.05, 4.69) is 10.2 Å². The van der Waals surface area contributed by atoms with Gasteiger partial charge in [-0.1, -0.05) is 42.8 Å². The first kappa shape index (κ1) is 29.9. The van der Waals surface area contributed by atoms with Crippen molar-refractivity contribution in [2.45, 2.75) is 38.1 Å². The molecule has 5 rings (SSSR count). The van der Waals surface area contributed by atoms with Crippen LogP contribution in [0.4, 0.5) is 4.39 Å². The summed E-state index contributed by atoms with van der Waals surface area (Å²) in [5, 5.41) is 34.2. The van der Waals surface area contributed by atoms with Gasteiger partial charge < -0.3 is 25.5 Å². The van der Waals surface area contributed by atoms with Gasteiger partial charge >= 0.3 is 0 Å². The standard InChI is InChI=1S/C34H39FN2O5/c1-21-27(11-6-12-30(21)35)32-28(33(41)22-7-4-9-25(39)15-22)18-37(17-24(20-38)31-13-2-3-14-36-31)19-29(32)34(42)23-8-5-10-26(40)16-23/h4-12,15-16,24,28-29,31-32,36,38-40H,2-3,13-14,17-20H2,1H3/t24-,28-,29-,31?/m0/s1. The minimum Gasteiger partial charge on any atom is -0.508 e. The molecule has 0 amide bonds. The van der Waals surface area contributed by atoms with Crippen molar-refractivity contribution in [3.63, 3.8) is 0 Å². The molecule has 0 radical (unpaired) electrons. The average molecular weight is 575 g/mol. The zero-order chi connectivity index (χ0) is 29.8. The van der Waals surface area contributed by atoms with Gasteiger partial charge in [-0.25, -0.2) is 4.39 Å². The number of rotatable bonds is 9. The highest BCUT2D eigenvalue weighted by molar-refractivity contribution is 6.02. The van der Waals surface area contributed by atoms with Gasteiger partial charge in [0.05, 0.1) is 0 Å². The van der Waals surface area contributed by atoms with E-state index in [1.807, 2.05) is 0 Å². The number of aliphatic hydroxyl groups excluding tert-OH is 1. The summed E-state index contributed by atoms with van der Waals surface area (Å²) in [6.45, 7) is 3.62. The highest BCUT2D eigenvalue weighted by Crippen LogP contribution is 2.43. The fraction of sp³-hybridized carbons (Fsp3) is 0.412. The van der Waals surface area contributed by atoms with Gasteiger partial charge in [-0.15, -0.1) is 0 Å². The maximum Gasteiger partial charge on any atom is 0.167 e. The summed E-state index contributed by atoms with van der Waals surface area (Å²) in [7, 11) is 0. The van der Waals surface area contributed by atoms with Gasteiger partial charge in [0.25, 0.3) is 0 Å². The van der Waals surface area contributed by atoms with E-state index in [9.17, 15) is 29.3 Å². The summed E-state index contributed by atoms with van der Waals surface area (Å²) in [6, 6.07) is 17.2. The third kappa shape index (κ3) is 6.41. The largest absolute Gasteiger partial charge is 0.508 e. The number of aliphatic hydroxyl groups is 1. The molecule has 2 aliphatic rings. The van der Waals surface area contributed by atoms with Crippen LogP contribution in [0, 0.1) is 30.5 Å². The van der Waals surface area contributed by atoms with E-state index in [1.54, 1.807) is 43.3 Å². The Hall–Kier alpha value is -3.59. The lowest BCUT2D eigenvalue weighted by Crippen LogP contribution is -2.54. The Balaban J connectivity index is 1.59. The Labute approximate surface area is 246 Å². The van der Waals surface area contributed by atoms with Gasteiger partial charge in [0.2, 0.25) is 0 Å². The SMILES string of the molecule is Cc1c(F)cccc1C1[C@@H](C(=O)c2cccc(O)c2)CN(C[C@@H](CO)C2CCCCN2)C[C@@H]1C(=O)c1cccc(O)c1. The lowest BCUT2D eigenvalue weighted by Gasteiger charge is -2.45. The molecule has 0 aliphatic carbocycles. The number of carbonyl (C=O) groups excluding carboxylic acids is 2. The molecule has 0 aromatic heterocycles. The van der Waals surface area contributed by atoms with E-state index in [0.29, 0.717) is 41.9 Å². The number of ketones is 2. The van der Waals surface area contributed by atoms with Crippen LogP contribution in [0.3, 0.4) is 0 Å². The number of benzene rings is 3. The first-order valence-corrected chi connectivity index (χ1v) is 14.7. The number of phenols is 2. The van der Waals surface area contributed by atoms with Gasteiger partial charge in [0, 0.05) is 67.1 Å². The third-order valence-electron chi connectivity index (χ3n) is 9.03. The van der Waals surface area contributed by atoms with Crippen LogP contribution < -0.4 is 5.32 Å². The highest BCUT2D eigenvalue weighted by atomic mass is 19.1. The van der Waals surface area contributed by atoms with Crippen LogP contribution >= 0.6 is 0 Å². The summed E-state index contributed by atoms with van der Waals surface area (Å²) >= 11 is 0. The average Bonchev–Trinajstić information content (AvgIpc) is 3.00. The molecule has 3 aromatic carbocycles. The molecule has 0 saturated carbocycles. The maximum absolute atomic E-state index is 15.0. The van der Waals surface area contributed by atoms with Crippen LogP contribution in [0.2, 0.25) is 0 Å². The number of nitrogens with zero attached hydrogens (tertiary/aromatic N) is 1. The molecule has 3 aromatic rings. The minimum absolute atomic E-state index is 0.0308. The van der Waals surface area contributed by atoms with Crippen molar-refractivity contribution >= 4 is 11.6 Å². The summed E-state index contributed by atoms with van der Waals surface area (Å²) in [5.41, 5.74) is 1.62. The molecule has 2 saturated heterocycles. The van der Waals surface area contributed by atoms with Crippen molar-refractivity contribution in [3.05, 3.63) is 94.8 Å². The molecule has 2 aliphatic heterocycles. The monoisotopic (exact) mass is 574 g/mol. The highest BCUT2D eigenvalue weighted by Gasteiger charge is 2.46. The van der Waals surface area contributed by atoms with Crippen LogP contribution in [0.15, 0.2) is 66.7 Å². The molecular weight excluding hydrogens is 535 g/mol. The summed E-state index contributed by atoms with van der Waals surface area (Å²) in [4.78, 5) is 30.6. The zero-order valence-corrected chi connectivity index (χ0v) is 23.9. The molecule has 0 bridgehead atoms. The fourth-order valence-electron chi connectivity index (χ4n) is 6.87. The maximum atomic E-state index is 15.0. The second kappa shape index (κ2) is 13.2. The molecule has 4 N–H and O–H groups in total. The zero-order valence-electron chi connectivity index (χ0n) is 23.9. The first-order chi connectivity index (χ1) is 20.3. The minimum atomic E-state index is -0.731. The lowest BCUT2D eigenvalue weighted by molar-refractivity contribution is 0.0450. The molecule has 7 nitrogen and oxygen atoms in total.